The monoisotopic (exact) mass is 123 g/mol. The average molecular weight is 123 g/mol. The predicted molar refractivity (Wildman–Crippen MR) is 41.1 cm³/mol. The number of hydrogen-bond donors (Lipinski definition) is 0. The van der Waals surface area contributed by atoms with Crippen molar-refractivity contribution in [1.82, 2.24) is 0 Å². The second kappa shape index (κ2) is 3.71. The third-order valence-electron chi connectivity index (χ3n) is 1.85. The van der Waals surface area contributed by atoms with Crippen LogP contribution >= 0.6 is 0 Å². The highest BCUT2D eigenvalue weighted by Crippen LogP contribution is 2.24. The zero-order valence-corrected chi connectivity index (χ0v) is 6.14. The van der Waals surface area contributed by atoms with Crippen LogP contribution in [0.2, 0.25) is 0 Å². The smallest absolute Gasteiger partial charge is 0.0231 e. The number of allylic oxidation sites excluding steroid dienone is 2. The molecule has 1 unspecified atom stereocenters. The molecule has 0 aliphatic heterocycles. The molecule has 51 valence electrons. The van der Waals surface area contributed by atoms with Gasteiger partial charge in [0.2, 0.25) is 0 Å². The van der Waals surface area contributed by atoms with E-state index in [9.17, 15) is 0 Å². The largest absolute Gasteiger partial charge is 0.0885 e. The SMILES string of the molecule is CC/C=C/C1C[CH]CC1. The molecule has 0 amide bonds. The first-order valence-corrected chi connectivity index (χ1v) is 3.92. The van der Waals surface area contributed by atoms with Crippen molar-refractivity contribution in [3.63, 3.8) is 0 Å². The lowest BCUT2D eigenvalue weighted by Crippen LogP contribution is -1.84. The van der Waals surface area contributed by atoms with E-state index >= 15 is 0 Å². The van der Waals surface area contributed by atoms with Crippen molar-refractivity contribution in [2.24, 2.45) is 5.92 Å². The van der Waals surface area contributed by atoms with Crippen LogP contribution in [0.15, 0.2) is 12.2 Å². The van der Waals surface area contributed by atoms with Crippen molar-refractivity contribution < 1.29 is 0 Å². The second-order valence-electron chi connectivity index (χ2n) is 2.70. The summed E-state index contributed by atoms with van der Waals surface area (Å²) < 4.78 is 0. The van der Waals surface area contributed by atoms with E-state index in [1.54, 1.807) is 0 Å². The van der Waals surface area contributed by atoms with E-state index in [0.717, 1.165) is 5.92 Å². The van der Waals surface area contributed by atoms with Crippen LogP contribution in [0.25, 0.3) is 0 Å². The van der Waals surface area contributed by atoms with Crippen molar-refractivity contribution in [1.29, 1.82) is 0 Å². The maximum Gasteiger partial charge on any atom is -0.0231 e. The van der Waals surface area contributed by atoms with E-state index in [2.05, 4.69) is 25.5 Å². The lowest BCUT2D eigenvalue weighted by atomic mass is 10.1. The van der Waals surface area contributed by atoms with Gasteiger partial charge >= 0.3 is 0 Å². The van der Waals surface area contributed by atoms with E-state index in [-0.39, 0.29) is 0 Å². The third-order valence-corrected chi connectivity index (χ3v) is 1.85. The van der Waals surface area contributed by atoms with Gasteiger partial charge in [-0.25, -0.2) is 0 Å². The van der Waals surface area contributed by atoms with Crippen LogP contribution < -0.4 is 0 Å². The molecule has 0 heteroatoms. The fourth-order valence-electron chi connectivity index (χ4n) is 1.29. The Morgan fingerprint density at radius 2 is 2.56 bits per heavy atom. The first-order chi connectivity index (χ1) is 4.43. The van der Waals surface area contributed by atoms with Crippen LogP contribution in [-0.4, -0.2) is 0 Å². The summed E-state index contributed by atoms with van der Waals surface area (Å²) in [6.07, 6.45) is 12.3. The molecule has 1 aliphatic rings. The lowest BCUT2D eigenvalue weighted by Gasteiger charge is -1.97. The van der Waals surface area contributed by atoms with Crippen molar-refractivity contribution in [3.05, 3.63) is 18.6 Å². The minimum Gasteiger partial charge on any atom is -0.0885 e. The Labute approximate surface area is 58.0 Å². The molecule has 0 aromatic carbocycles. The van der Waals surface area contributed by atoms with E-state index in [4.69, 9.17) is 0 Å². The fourth-order valence-corrected chi connectivity index (χ4v) is 1.29. The molecule has 0 aromatic rings. The zero-order valence-electron chi connectivity index (χ0n) is 6.14. The van der Waals surface area contributed by atoms with E-state index in [1.165, 1.54) is 25.7 Å². The molecule has 0 saturated heterocycles. The molecule has 1 radical (unpaired) electrons. The predicted octanol–water partition coefficient (Wildman–Crippen LogP) is 2.96. The highest BCUT2D eigenvalue weighted by Gasteiger charge is 2.10. The molecule has 1 saturated carbocycles. The Bertz CT molecular complexity index is 86.2. The molecular weight excluding hydrogens is 108 g/mol. The zero-order chi connectivity index (χ0) is 6.53. The molecule has 1 atom stereocenters. The van der Waals surface area contributed by atoms with E-state index < -0.39 is 0 Å². The Balaban J connectivity index is 2.18. The molecule has 0 aromatic heterocycles. The van der Waals surface area contributed by atoms with E-state index in [0.29, 0.717) is 0 Å². The molecule has 0 N–H and O–H groups in total. The Morgan fingerprint density at radius 1 is 1.67 bits per heavy atom. The normalized spacial score (nSPS) is 21.9. The van der Waals surface area contributed by atoms with Crippen molar-refractivity contribution in [2.45, 2.75) is 32.6 Å². The lowest BCUT2D eigenvalue weighted by molar-refractivity contribution is 0.691. The van der Waals surface area contributed by atoms with Crippen molar-refractivity contribution in [2.75, 3.05) is 0 Å². The van der Waals surface area contributed by atoms with Gasteiger partial charge in [-0.15, -0.1) is 0 Å². The molecule has 1 fully saturated rings. The summed E-state index contributed by atoms with van der Waals surface area (Å²) in [4.78, 5) is 0. The average Bonchev–Trinajstić information content (AvgIpc) is 2.34. The molecular formula is C9H15. The van der Waals surface area contributed by atoms with Gasteiger partial charge in [0.25, 0.3) is 0 Å². The van der Waals surface area contributed by atoms with Gasteiger partial charge < -0.3 is 0 Å². The first kappa shape index (κ1) is 6.85. The Morgan fingerprint density at radius 3 is 3.11 bits per heavy atom. The summed E-state index contributed by atoms with van der Waals surface area (Å²) in [5.41, 5.74) is 0. The van der Waals surface area contributed by atoms with Gasteiger partial charge in [0.05, 0.1) is 0 Å². The molecule has 0 nitrogen and oxygen atoms in total. The maximum absolute atomic E-state index is 2.39. The molecule has 1 aliphatic carbocycles. The summed E-state index contributed by atoms with van der Waals surface area (Å²) in [5.74, 6) is 0.880. The highest BCUT2D eigenvalue weighted by atomic mass is 14.2. The quantitative estimate of drug-likeness (QED) is 0.495. The first-order valence-electron chi connectivity index (χ1n) is 3.92. The summed E-state index contributed by atoms with van der Waals surface area (Å²) >= 11 is 0. The van der Waals surface area contributed by atoms with Gasteiger partial charge in [0, 0.05) is 0 Å². The van der Waals surface area contributed by atoms with Gasteiger partial charge in [0.15, 0.2) is 0 Å². The standard InChI is InChI=1S/C9H15/c1-2-3-6-9-7-4-5-8-9/h3-4,6,9H,2,5,7-8H2,1H3/b6-3+. The van der Waals surface area contributed by atoms with Crippen LogP contribution in [0.1, 0.15) is 32.6 Å². The molecule has 9 heavy (non-hydrogen) atoms. The Hall–Kier alpha value is -0.260. The molecule has 0 spiro atoms. The summed E-state index contributed by atoms with van der Waals surface area (Å²) in [6.45, 7) is 2.19. The van der Waals surface area contributed by atoms with Crippen LogP contribution in [-0.2, 0) is 0 Å². The molecule has 1 rings (SSSR count). The third kappa shape index (κ3) is 2.21. The van der Waals surface area contributed by atoms with Gasteiger partial charge in [-0.2, -0.15) is 0 Å². The maximum atomic E-state index is 2.39. The van der Waals surface area contributed by atoms with Crippen LogP contribution in [0.5, 0.6) is 0 Å². The topological polar surface area (TPSA) is 0 Å². The van der Waals surface area contributed by atoms with Gasteiger partial charge in [-0.05, 0) is 38.0 Å². The minimum absolute atomic E-state index is 0.880. The summed E-state index contributed by atoms with van der Waals surface area (Å²) in [6, 6.07) is 0. The molecule has 0 bridgehead atoms. The van der Waals surface area contributed by atoms with Gasteiger partial charge in [-0.3, -0.25) is 0 Å². The second-order valence-corrected chi connectivity index (χ2v) is 2.70. The van der Waals surface area contributed by atoms with Gasteiger partial charge in [0.1, 0.15) is 0 Å². The number of rotatable bonds is 2. The number of hydrogen-bond acceptors (Lipinski definition) is 0. The molecule has 0 heterocycles. The summed E-state index contributed by atoms with van der Waals surface area (Å²) in [5, 5.41) is 0. The van der Waals surface area contributed by atoms with E-state index in [1.807, 2.05) is 0 Å². The van der Waals surface area contributed by atoms with Crippen LogP contribution in [0.3, 0.4) is 0 Å². The minimum atomic E-state index is 0.880. The van der Waals surface area contributed by atoms with Crippen molar-refractivity contribution >= 4 is 0 Å². The summed E-state index contributed by atoms with van der Waals surface area (Å²) in [7, 11) is 0. The van der Waals surface area contributed by atoms with Crippen LogP contribution in [0.4, 0.5) is 0 Å². The van der Waals surface area contributed by atoms with Crippen LogP contribution in [0, 0.1) is 12.3 Å². The Kier molecular flexibility index (Phi) is 2.82. The van der Waals surface area contributed by atoms with Crippen molar-refractivity contribution in [3.8, 4) is 0 Å². The fraction of sp³-hybridized carbons (Fsp3) is 0.667. The van der Waals surface area contributed by atoms with Gasteiger partial charge in [-0.1, -0.05) is 19.1 Å². The highest BCUT2D eigenvalue weighted by molar-refractivity contribution is 4.94.